The van der Waals surface area contributed by atoms with E-state index < -0.39 is 0 Å². The second-order valence-electron chi connectivity index (χ2n) is 5.23. The molecule has 0 bridgehead atoms. The molecule has 0 fully saturated rings. The first-order valence-corrected chi connectivity index (χ1v) is 6.52. The van der Waals surface area contributed by atoms with Gasteiger partial charge in [0.05, 0.1) is 0 Å². The number of aryl methyl sites for hydroxylation is 2. The summed E-state index contributed by atoms with van der Waals surface area (Å²) in [6, 6.07) is 7.31. The first-order chi connectivity index (χ1) is 7.99. The predicted molar refractivity (Wildman–Crippen MR) is 76.9 cm³/mol. The SMILES string of the molecule is Cc1cc(C)cc(N(C)CCCNC(C)C)c1. The lowest BCUT2D eigenvalue weighted by Gasteiger charge is -2.21. The van der Waals surface area contributed by atoms with E-state index in [9.17, 15) is 0 Å². The van der Waals surface area contributed by atoms with E-state index in [-0.39, 0.29) is 0 Å². The van der Waals surface area contributed by atoms with Gasteiger partial charge in [0, 0.05) is 25.3 Å². The van der Waals surface area contributed by atoms with Gasteiger partial charge in [-0.25, -0.2) is 0 Å². The fraction of sp³-hybridized carbons (Fsp3) is 0.600. The number of nitrogens with zero attached hydrogens (tertiary/aromatic N) is 1. The molecule has 1 aromatic rings. The minimum absolute atomic E-state index is 0.585. The molecule has 0 spiro atoms. The number of hydrogen-bond acceptors (Lipinski definition) is 2. The topological polar surface area (TPSA) is 15.3 Å². The third-order valence-corrected chi connectivity index (χ3v) is 2.87. The van der Waals surface area contributed by atoms with Crippen molar-refractivity contribution in [2.24, 2.45) is 0 Å². The third-order valence-electron chi connectivity index (χ3n) is 2.87. The second kappa shape index (κ2) is 6.65. The van der Waals surface area contributed by atoms with E-state index in [0.717, 1.165) is 13.1 Å². The molecule has 0 saturated carbocycles. The summed E-state index contributed by atoms with van der Waals surface area (Å²) in [5.41, 5.74) is 4.01. The Bertz CT molecular complexity index is 325. The van der Waals surface area contributed by atoms with Crippen molar-refractivity contribution in [3.8, 4) is 0 Å². The molecule has 2 heteroatoms. The molecule has 0 atom stereocenters. The molecule has 17 heavy (non-hydrogen) atoms. The smallest absolute Gasteiger partial charge is 0.0368 e. The second-order valence-corrected chi connectivity index (χ2v) is 5.23. The Morgan fingerprint density at radius 1 is 1.12 bits per heavy atom. The summed E-state index contributed by atoms with van der Waals surface area (Å²) in [5.74, 6) is 0. The summed E-state index contributed by atoms with van der Waals surface area (Å²) in [7, 11) is 2.17. The van der Waals surface area contributed by atoms with Crippen molar-refractivity contribution in [1.82, 2.24) is 5.32 Å². The minimum atomic E-state index is 0.585. The largest absolute Gasteiger partial charge is 0.375 e. The first kappa shape index (κ1) is 14.0. The number of hydrogen-bond donors (Lipinski definition) is 1. The highest BCUT2D eigenvalue weighted by Crippen LogP contribution is 2.17. The Labute approximate surface area is 106 Å². The molecular weight excluding hydrogens is 208 g/mol. The molecule has 0 saturated heterocycles. The van der Waals surface area contributed by atoms with Crippen LogP contribution in [0.25, 0.3) is 0 Å². The van der Waals surface area contributed by atoms with Gasteiger partial charge < -0.3 is 10.2 Å². The van der Waals surface area contributed by atoms with Crippen molar-refractivity contribution in [2.45, 2.75) is 40.2 Å². The van der Waals surface area contributed by atoms with Crippen LogP contribution in [0.15, 0.2) is 18.2 Å². The summed E-state index contributed by atoms with van der Waals surface area (Å²) in [6.45, 7) is 10.9. The van der Waals surface area contributed by atoms with Crippen molar-refractivity contribution in [3.63, 3.8) is 0 Å². The van der Waals surface area contributed by atoms with Crippen LogP contribution in [-0.4, -0.2) is 26.2 Å². The molecule has 0 aliphatic rings. The first-order valence-electron chi connectivity index (χ1n) is 6.52. The highest BCUT2D eigenvalue weighted by molar-refractivity contribution is 5.50. The Balaban J connectivity index is 2.43. The van der Waals surface area contributed by atoms with Gasteiger partial charge >= 0.3 is 0 Å². The lowest BCUT2D eigenvalue weighted by Crippen LogP contribution is -2.27. The van der Waals surface area contributed by atoms with Crippen LogP contribution in [0.1, 0.15) is 31.4 Å². The summed E-state index contributed by atoms with van der Waals surface area (Å²) in [6.07, 6.45) is 1.18. The van der Waals surface area contributed by atoms with Crippen LogP contribution in [0.2, 0.25) is 0 Å². The molecule has 0 amide bonds. The predicted octanol–water partition coefficient (Wildman–Crippen LogP) is 3.13. The highest BCUT2D eigenvalue weighted by Gasteiger charge is 2.02. The fourth-order valence-corrected chi connectivity index (χ4v) is 2.01. The zero-order chi connectivity index (χ0) is 12.8. The zero-order valence-electron chi connectivity index (χ0n) is 11.9. The molecule has 0 radical (unpaired) electrons. The van der Waals surface area contributed by atoms with Crippen molar-refractivity contribution in [1.29, 1.82) is 0 Å². The van der Waals surface area contributed by atoms with E-state index in [1.54, 1.807) is 0 Å². The normalized spacial score (nSPS) is 10.9. The molecule has 1 rings (SSSR count). The van der Waals surface area contributed by atoms with E-state index in [0.29, 0.717) is 6.04 Å². The van der Waals surface area contributed by atoms with Gasteiger partial charge in [0.1, 0.15) is 0 Å². The lowest BCUT2D eigenvalue weighted by molar-refractivity contribution is 0.570. The van der Waals surface area contributed by atoms with Gasteiger partial charge in [-0.15, -0.1) is 0 Å². The molecule has 0 aliphatic carbocycles. The third kappa shape index (κ3) is 5.22. The molecule has 0 aliphatic heterocycles. The van der Waals surface area contributed by atoms with Gasteiger partial charge in [-0.3, -0.25) is 0 Å². The Morgan fingerprint density at radius 3 is 2.24 bits per heavy atom. The molecule has 2 nitrogen and oxygen atoms in total. The van der Waals surface area contributed by atoms with Gasteiger partial charge in [-0.2, -0.15) is 0 Å². The van der Waals surface area contributed by atoms with Crippen LogP contribution in [0.5, 0.6) is 0 Å². The van der Waals surface area contributed by atoms with Gasteiger partial charge in [0.25, 0.3) is 0 Å². The van der Waals surface area contributed by atoms with E-state index in [4.69, 9.17) is 0 Å². The van der Waals surface area contributed by atoms with E-state index in [1.165, 1.54) is 23.2 Å². The quantitative estimate of drug-likeness (QED) is 0.761. The monoisotopic (exact) mass is 234 g/mol. The molecule has 1 N–H and O–H groups in total. The molecule has 0 heterocycles. The Kier molecular flexibility index (Phi) is 5.49. The Hall–Kier alpha value is -1.02. The van der Waals surface area contributed by atoms with E-state index in [2.05, 4.69) is 63.2 Å². The number of rotatable bonds is 6. The molecular formula is C15H26N2. The van der Waals surface area contributed by atoms with Crippen molar-refractivity contribution >= 4 is 5.69 Å². The summed E-state index contributed by atoms with van der Waals surface area (Å²) < 4.78 is 0. The van der Waals surface area contributed by atoms with Crippen LogP contribution < -0.4 is 10.2 Å². The highest BCUT2D eigenvalue weighted by atomic mass is 15.1. The number of nitrogens with one attached hydrogen (secondary N) is 1. The van der Waals surface area contributed by atoms with Crippen LogP contribution in [0.3, 0.4) is 0 Å². The van der Waals surface area contributed by atoms with E-state index >= 15 is 0 Å². The van der Waals surface area contributed by atoms with Crippen molar-refractivity contribution in [3.05, 3.63) is 29.3 Å². The van der Waals surface area contributed by atoms with Gasteiger partial charge in [0.2, 0.25) is 0 Å². The summed E-state index contributed by atoms with van der Waals surface area (Å²) in [4.78, 5) is 2.34. The fourth-order valence-electron chi connectivity index (χ4n) is 2.01. The van der Waals surface area contributed by atoms with Crippen LogP contribution in [-0.2, 0) is 0 Å². The maximum absolute atomic E-state index is 3.45. The number of benzene rings is 1. The maximum atomic E-state index is 3.45. The molecule has 0 aromatic heterocycles. The van der Waals surface area contributed by atoms with Gasteiger partial charge in [-0.1, -0.05) is 19.9 Å². The van der Waals surface area contributed by atoms with Crippen molar-refractivity contribution in [2.75, 3.05) is 25.0 Å². The van der Waals surface area contributed by atoms with E-state index in [1.807, 2.05) is 0 Å². The molecule has 0 unspecified atom stereocenters. The average Bonchev–Trinajstić information content (AvgIpc) is 2.22. The maximum Gasteiger partial charge on any atom is 0.0368 e. The summed E-state index contributed by atoms with van der Waals surface area (Å²) >= 11 is 0. The summed E-state index contributed by atoms with van der Waals surface area (Å²) in [5, 5.41) is 3.45. The average molecular weight is 234 g/mol. The lowest BCUT2D eigenvalue weighted by atomic mass is 10.1. The standard InChI is InChI=1S/C15H26N2/c1-12(2)16-7-6-8-17(5)15-10-13(3)9-14(4)11-15/h9-12,16H,6-8H2,1-5H3. The molecule has 1 aromatic carbocycles. The number of anilines is 1. The Morgan fingerprint density at radius 2 is 1.71 bits per heavy atom. The zero-order valence-corrected chi connectivity index (χ0v) is 11.9. The molecule has 96 valence electrons. The minimum Gasteiger partial charge on any atom is -0.375 e. The van der Waals surface area contributed by atoms with Crippen LogP contribution in [0, 0.1) is 13.8 Å². The van der Waals surface area contributed by atoms with Crippen molar-refractivity contribution < 1.29 is 0 Å². The van der Waals surface area contributed by atoms with Crippen LogP contribution >= 0.6 is 0 Å². The van der Waals surface area contributed by atoms with Gasteiger partial charge in [-0.05, 0) is 50.1 Å². The van der Waals surface area contributed by atoms with Crippen LogP contribution in [0.4, 0.5) is 5.69 Å². The van der Waals surface area contributed by atoms with Gasteiger partial charge in [0.15, 0.2) is 0 Å².